The Morgan fingerprint density at radius 1 is 1.57 bits per heavy atom. The molecular weight excluding hydrogens is 299 g/mol. The number of rotatable bonds is 2. The minimum Gasteiger partial charge on any atom is -0.258 e. The first-order valence-electron chi connectivity index (χ1n) is 3.07. The van der Waals surface area contributed by atoms with Crippen LogP contribution in [0.25, 0.3) is 0 Å². The van der Waals surface area contributed by atoms with Gasteiger partial charge in [-0.05, 0) is 15.9 Å². The number of pyridine rings is 1. The van der Waals surface area contributed by atoms with Crippen molar-refractivity contribution in [3.8, 4) is 0 Å². The number of aromatic nitrogens is 1. The summed E-state index contributed by atoms with van der Waals surface area (Å²) < 4.78 is 21.7. The Kier molecular flexibility index (Phi) is 3.07. The lowest BCUT2D eigenvalue weighted by atomic mass is 10.4. The first kappa shape index (κ1) is 11.3. The monoisotopic (exact) mass is 300 g/mol. The summed E-state index contributed by atoms with van der Waals surface area (Å²) in [6.45, 7) is 0. The Hall–Kier alpha value is -0.730. The number of nitro groups is 1. The average molecular weight is 302 g/mol. The first-order valence-corrected chi connectivity index (χ1v) is 6.17. The van der Waals surface area contributed by atoms with Crippen molar-refractivity contribution in [2.45, 2.75) is 5.03 Å². The summed E-state index contributed by atoms with van der Waals surface area (Å²) in [5.74, 6) is 0. The summed E-state index contributed by atoms with van der Waals surface area (Å²) in [6, 6.07) is 0.784. The summed E-state index contributed by atoms with van der Waals surface area (Å²) in [5.41, 5.74) is -0.403. The van der Waals surface area contributed by atoms with Crippen molar-refractivity contribution in [2.24, 2.45) is 0 Å². The normalized spacial score (nSPS) is 11.3. The van der Waals surface area contributed by atoms with Gasteiger partial charge >= 0.3 is 0 Å². The Balaban J connectivity index is 3.42. The largest absolute Gasteiger partial charge is 0.288 e. The lowest BCUT2D eigenvalue weighted by Crippen LogP contribution is -1.98. The number of hydrogen-bond acceptors (Lipinski definition) is 5. The molecule has 0 radical (unpaired) electrons. The molecule has 1 heterocycles. The molecule has 0 fully saturated rings. The van der Waals surface area contributed by atoms with Crippen LogP contribution in [0.5, 0.6) is 0 Å². The molecule has 0 unspecified atom stereocenters. The number of hydrogen-bond donors (Lipinski definition) is 0. The van der Waals surface area contributed by atoms with Crippen LogP contribution in [-0.4, -0.2) is 18.3 Å². The standard InChI is InChI=1S/C5H2BrClN2O4S/c6-3-2-8-5(14(7,12)13)1-4(3)9(10)11/h1-2H. The van der Waals surface area contributed by atoms with Gasteiger partial charge in [0.15, 0.2) is 5.03 Å². The van der Waals surface area contributed by atoms with E-state index >= 15 is 0 Å². The zero-order valence-corrected chi connectivity index (χ0v) is 9.50. The first-order chi connectivity index (χ1) is 6.32. The van der Waals surface area contributed by atoms with Crippen molar-refractivity contribution in [2.75, 3.05) is 0 Å². The van der Waals surface area contributed by atoms with Crippen molar-refractivity contribution >= 4 is 41.4 Å². The molecule has 0 N–H and O–H groups in total. The van der Waals surface area contributed by atoms with Crippen LogP contribution < -0.4 is 0 Å². The maximum Gasteiger partial charge on any atom is 0.288 e. The van der Waals surface area contributed by atoms with Gasteiger partial charge in [0, 0.05) is 16.9 Å². The smallest absolute Gasteiger partial charge is 0.258 e. The van der Waals surface area contributed by atoms with E-state index in [9.17, 15) is 18.5 Å². The van der Waals surface area contributed by atoms with Crippen LogP contribution in [-0.2, 0) is 9.05 Å². The second kappa shape index (κ2) is 3.79. The molecule has 0 saturated carbocycles. The van der Waals surface area contributed by atoms with Gasteiger partial charge in [0.2, 0.25) is 0 Å². The van der Waals surface area contributed by atoms with Crippen LogP contribution in [0, 0.1) is 10.1 Å². The lowest BCUT2D eigenvalue weighted by Gasteiger charge is -1.97. The summed E-state index contributed by atoms with van der Waals surface area (Å²) in [5, 5.41) is 9.86. The van der Waals surface area contributed by atoms with Gasteiger partial charge in [-0.25, -0.2) is 13.4 Å². The topological polar surface area (TPSA) is 90.2 Å². The third kappa shape index (κ3) is 2.40. The van der Waals surface area contributed by atoms with Gasteiger partial charge in [-0.15, -0.1) is 0 Å². The van der Waals surface area contributed by atoms with E-state index in [1.807, 2.05) is 0 Å². The third-order valence-electron chi connectivity index (χ3n) is 1.26. The summed E-state index contributed by atoms with van der Waals surface area (Å²) >= 11 is 2.86. The maximum absolute atomic E-state index is 10.8. The minimum atomic E-state index is -4.04. The highest BCUT2D eigenvalue weighted by molar-refractivity contribution is 9.10. The molecule has 0 aliphatic rings. The average Bonchev–Trinajstić information content (AvgIpc) is 2.02. The molecule has 0 aliphatic heterocycles. The van der Waals surface area contributed by atoms with Crippen LogP contribution >= 0.6 is 26.6 Å². The molecule has 76 valence electrons. The van der Waals surface area contributed by atoms with Gasteiger partial charge in [-0.2, -0.15) is 0 Å². The molecule has 1 aromatic heterocycles. The Labute approximate surface area is 91.6 Å². The Morgan fingerprint density at radius 2 is 2.14 bits per heavy atom. The third-order valence-corrected chi connectivity index (χ3v) is 3.06. The van der Waals surface area contributed by atoms with E-state index in [0.29, 0.717) is 0 Å². The second-order valence-electron chi connectivity index (χ2n) is 2.17. The molecule has 0 atom stereocenters. The summed E-state index contributed by atoms with van der Waals surface area (Å²) in [7, 11) is 0.920. The van der Waals surface area contributed by atoms with Crippen LogP contribution in [0.15, 0.2) is 21.8 Å². The molecule has 0 aliphatic carbocycles. The van der Waals surface area contributed by atoms with Gasteiger partial charge in [-0.1, -0.05) is 0 Å². The molecule has 6 nitrogen and oxygen atoms in total. The maximum atomic E-state index is 10.8. The fourth-order valence-electron chi connectivity index (χ4n) is 0.683. The van der Waals surface area contributed by atoms with Gasteiger partial charge < -0.3 is 0 Å². The quantitative estimate of drug-likeness (QED) is 0.471. The van der Waals surface area contributed by atoms with E-state index in [4.69, 9.17) is 10.7 Å². The zero-order chi connectivity index (χ0) is 10.9. The van der Waals surface area contributed by atoms with Crippen LogP contribution in [0.2, 0.25) is 0 Å². The fraction of sp³-hybridized carbons (Fsp3) is 0. The highest BCUT2D eigenvalue weighted by atomic mass is 79.9. The Morgan fingerprint density at radius 3 is 2.57 bits per heavy atom. The highest BCUT2D eigenvalue weighted by Crippen LogP contribution is 2.26. The van der Waals surface area contributed by atoms with E-state index < -0.39 is 24.7 Å². The van der Waals surface area contributed by atoms with E-state index in [1.165, 1.54) is 0 Å². The van der Waals surface area contributed by atoms with Gasteiger partial charge in [-0.3, -0.25) is 10.1 Å². The number of halogens is 2. The van der Waals surface area contributed by atoms with E-state index in [2.05, 4.69) is 20.9 Å². The second-order valence-corrected chi connectivity index (χ2v) is 5.54. The lowest BCUT2D eigenvalue weighted by molar-refractivity contribution is -0.386. The minimum absolute atomic E-state index is 0.0894. The van der Waals surface area contributed by atoms with E-state index in [1.54, 1.807) is 0 Å². The molecule has 0 bridgehead atoms. The Bertz CT molecular complexity index is 489. The zero-order valence-electron chi connectivity index (χ0n) is 6.35. The predicted molar refractivity (Wildman–Crippen MR) is 51.6 cm³/mol. The van der Waals surface area contributed by atoms with Crippen molar-refractivity contribution in [1.29, 1.82) is 0 Å². The fourth-order valence-corrected chi connectivity index (χ4v) is 1.73. The predicted octanol–water partition coefficient (Wildman–Crippen LogP) is 1.68. The molecule has 0 spiro atoms. The molecule has 14 heavy (non-hydrogen) atoms. The molecule has 1 aromatic rings. The van der Waals surface area contributed by atoms with Crippen LogP contribution in [0.4, 0.5) is 5.69 Å². The molecule has 1 rings (SSSR count). The van der Waals surface area contributed by atoms with Gasteiger partial charge in [0.1, 0.15) is 4.47 Å². The summed E-state index contributed by atoms with van der Waals surface area (Å²) in [4.78, 5) is 13.1. The molecule has 9 heteroatoms. The molecule has 0 saturated heterocycles. The van der Waals surface area contributed by atoms with Gasteiger partial charge in [0.05, 0.1) is 11.0 Å². The van der Waals surface area contributed by atoms with Crippen molar-refractivity contribution in [3.63, 3.8) is 0 Å². The SMILES string of the molecule is O=[N+]([O-])c1cc(S(=O)(=O)Cl)ncc1Br. The summed E-state index contributed by atoms with van der Waals surface area (Å²) in [6.07, 6.45) is 1.01. The van der Waals surface area contributed by atoms with Gasteiger partial charge in [0.25, 0.3) is 14.7 Å². The molecular formula is C5H2BrClN2O4S. The van der Waals surface area contributed by atoms with Crippen molar-refractivity contribution in [1.82, 2.24) is 4.98 Å². The molecule has 0 amide bonds. The molecule has 0 aromatic carbocycles. The van der Waals surface area contributed by atoms with E-state index in [-0.39, 0.29) is 4.47 Å². The van der Waals surface area contributed by atoms with Crippen LogP contribution in [0.3, 0.4) is 0 Å². The van der Waals surface area contributed by atoms with Crippen LogP contribution in [0.1, 0.15) is 0 Å². The highest BCUT2D eigenvalue weighted by Gasteiger charge is 2.19. The number of nitrogens with zero attached hydrogens (tertiary/aromatic N) is 2. The van der Waals surface area contributed by atoms with E-state index in [0.717, 1.165) is 12.3 Å². The van der Waals surface area contributed by atoms with Crippen molar-refractivity contribution in [3.05, 3.63) is 26.9 Å². The van der Waals surface area contributed by atoms with Crippen molar-refractivity contribution < 1.29 is 13.3 Å².